The van der Waals surface area contributed by atoms with Crippen LogP contribution in [0.2, 0.25) is 0 Å². The van der Waals surface area contributed by atoms with Crippen molar-refractivity contribution in [3.05, 3.63) is 35.4 Å². The first-order valence-electron chi connectivity index (χ1n) is 5.24. The normalized spacial score (nSPS) is 12.2. The molecule has 0 amide bonds. The van der Waals surface area contributed by atoms with Crippen LogP contribution in [-0.2, 0) is 24.8 Å². The third kappa shape index (κ3) is 5.57. The van der Waals surface area contributed by atoms with E-state index in [1.54, 1.807) is 0 Å². The third-order valence-corrected chi connectivity index (χ3v) is 3.26. The second-order valence-electron chi connectivity index (χ2n) is 3.77. The maximum absolute atomic E-state index is 11.9. The van der Waals surface area contributed by atoms with Gasteiger partial charge in [0.05, 0.1) is 12.7 Å². The van der Waals surface area contributed by atoms with Crippen molar-refractivity contribution in [1.29, 1.82) is 0 Å². The van der Waals surface area contributed by atoms with Crippen LogP contribution in [0.4, 0.5) is 13.2 Å². The maximum atomic E-state index is 11.9. The fraction of sp³-hybridized carbons (Fsp3) is 0.364. The van der Waals surface area contributed by atoms with Crippen molar-refractivity contribution < 1.29 is 35.3 Å². The lowest BCUT2D eigenvalue weighted by Crippen LogP contribution is -2.21. The lowest BCUT2D eigenvalue weighted by atomic mass is 10.1. The van der Waals surface area contributed by atoms with E-state index in [9.17, 15) is 26.4 Å². The number of hydrogen-bond acceptors (Lipinski definition) is 5. The minimum Gasteiger partial charge on any atom is -0.465 e. The molecule has 0 spiro atoms. The van der Waals surface area contributed by atoms with E-state index in [1.807, 2.05) is 0 Å². The predicted octanol–water partition coefficient (Wildman–Crippen LogP) is 1.88. The van der Waals surface area contributed by atoms with Crippen LogP contribution in [0.1, 0.15) is 15.9 Å². The minimum absolute atomic E-state index is 0.0935. The largest absolute Gasteiger partial charge is 0.465 e. The molecule has 0 unspecified atom stereocenters. The Morgan fingerprint density at radius 2 is 1.95 bits per heavy atom. The zero-order chi connectivity index (χ0) is 15.4. The second-order valence-corrected chi connectivity index (χ2v) is 5.41. The molecule has 20 heavy (non-hydrogen) atoms. The highest BCUT2D eigenvalue weighted by Crippen LogP contribution is 2.18. The predicted molar refractivity (Wildman–Crippen MR) is 62.4 cm³/mol. The van der Waals surface area contributed by atoms with Crippen molar-refractivity contribution >= 4 is 16.1 Å². The van der Waals surface area contributed by atoms with Crippen LogP contribution in [0.3, 0.4) is 0 Å². The Hall–Kier alpha value is -1.61. The summed E-state index contributed by atoms with van der Waals surface area (Å²) in [5, 5.41) is 0. The van der Waals surface area contributed by atoms with Crippen LogP contribution in [0, 0.1) is 0 Å². The van der Waals surface area contributed by atoms with Gasteiger partial charge >= 0.3 is 12.1 Å². The Bertz CT molecular complexity index is 580. The zero-order valence-electron chi connectivity index (χ0n) is 10.3. The van der Waals surface area contributed by atoms with Gasteiger partial charge in [0, 0.05) is 0 Å². The lowest BCUT2D eigenvalue weighted by Gasteiger charge is -2.08. The summed E-state index contributed by atoms with van der Waals surface area (Å²) in [6, 6.07) is 5.33. The Kier molecular flexibility index (Phi) is 5.12. The molecule has 112 valence electrons. The first kappa shape index (κ1) is 16.4. The summed E-state index contributed by atoms with van der Waals surface area (Å²) < 4.78 is 66.7. The number of halogens is 3. The molecule has 0 aliphatic rings. The van der Waals surface area contributed by atoms with Crippen molar-refractivity contribution in [2.24, 2.45) is 0 Å². The van der Waals surface area contributed by atoms with Crippen LogP contribution in [-0.4, -0.2) is 34.3 Å². The van der Waals surface area contributed by atoms with Gasteiger partial charge in [-0.15, -0.1) is 0 Å². The number of benzene rings is 1. The number of alkyl halides is 3. The average molecular weight is 312 g/mol. The van der Waals surface area contributed by atoms with Gasteiger partial charge < -0.3 is 4.74 Å². The van der Waals surface area contributed by atoms with Crippen LogP contribution in [0.5, 0.6) is 0 Å². The lowest BCUT2D eigenvalue weighted by molar-refractivity contribution is -0.152. The summed E-state index contributed by atoms with van der Waals surface area (Å²) in [4.78, 5) is 11.2. The quantitative estimate of drug-likeness (QED) is 0.613. The van der Waals surface area contributed by atoms with Gasteiger partial charge in [-0.25, -0.2) is 4.79 Å². The number of ether oxygens (including phenoxy) is 1. The number of esters is 1. The van der Waals surface area contributed by atoms with Crippen LogP contribution >= 0.6 is 0 Å². The SMILES string of the molecule is COC(=O)c1cccc(CS(=O)(=O)OCC(F)(F)F)c1. The van der Waals surface area contributed by atoms with Crippen molar-refractivity contribution in [3.63, 3.8) is 0 Å². The second kappa shape index (κ2) is 6.23. The highest BCUT2D eigenvalue weighted by Gasteiger charge is 2.31. The number of carbonyl (C=O) groups excluding carboxylic acids is 1. The van der Waals surface area contributed by atoms with E-state index >= 15 is 0 Å². The summed E-state index contributed by atoms with van der Waals surface area (Å²) in [6.07, 6.45) is -4.74. The molecule has 0 saturated heterocycles. The van der Waals surface area contributed by atoms with Gasteiger partial charge in [0.25, 0.3) is 10.1 Å². The standard InChI is InChI=1S/C11H11F3O5S/c1-18-10(15)9-4-2-3-8(5-9)6-20(16,17)19-7-11(12,13)14/h2-5H,6-7H2,1H3. The van der Waals surface area contributed by atoms with Gasteiger partial charge in [-0.1, -0.05) is 12.1 Å². The number of rotatable bonds is 5. The molecule has 1 aromatic rings. The molecular weight excluding hydrogens is 301 g/mol. The summed E-state index contributed by atoms with van der Waals surface area (Å²) >= 11 is 0. The molecular formula is C11H11F3O5S. The Balaban J connectivity index is 2.80. The summed E-state index contributed by atoms with van der Waals surface area (Å²) in [6.45, 7) is -1.88. The zero-order valence-corrected chi connectivity index (χ0v) is 11.1. The number of methoxy groups -OCH3 is 1. The fourth-order valence-electron chi connectivity index (χ4n) is 1.31. The third-order valence-electron chi connectivity index (χ3n) is 2.09. The number of hydrogen-bond donors (Lipinski definition) is 0. The van der Waals surface area contributed by atoms with E-state index in [1.165, 1.54) is 24.3 Å². The van der Waals surface area contributed by atoms with Gasteiger partial charge in [0.2, 0.25) is 0 Å². The van der Waals surface area contributed by atoms with E-state index in [0.29, 0.717) is 0 Å². The van der Waals surface area contributed by atoms with Gasteiger partial charge in [-0.3, -0.25) is 4.18 Å². The van der Waals surface area contributed by atoms with Crippen LogP contribution in [0.25, 0.3) is 0 Å². The fourth-order valence-corrected chi connectivity index (χ4v) is 2.29. The van der Waals surface area contributed by atoms with E-state index in [2.05, 4.69) is 8.92 Å². The monoisotopic (exact) mass is 312 g/mol. The van der Waals surface area contributed by atoms with Crippen molar-refractivity contribution in [1.82, 2.24) is 0 Å². The van der Waals surface area contributed by atoms with E-state index in [-0.39, 0.29) is 11.1 Å². The molecule has 9 heteroatoms. The van der Waals surface area contributed by atoms with E-state index in [4.69, 9.17) is 0 Å². The maximum Gasteiger partial charge on any atom is 0.413 e. The Morgan fingerprint density at radius 1 is 1.30 bits per heavy atom. The topological polar surface area (TPSA) is 69.7 Å². The van der Waals surface area contributed by atoms with E-state index < -0.39 is 34.6 Å². The first-order valence-corrected chi connectivity index (χ1v) is 6.82. The molecule has 0 aliphatic carbocycles. The summed E-state index contributed by atoms with van der Waals surface area (Å²) in [5.41, 5.74) is 0.214. The Labute approximate surface area is 113 Å². The van der Waals surface area contributed by atoms with Gasteiger partial charge in [0.1, 0.15) is 5.75 Å². The van der Waals surface area contributed by atoms with E-state index in [0.717, 1.165) is 7.11 Å². The molecule has 0 radical (unpaired) electrons. The average Bonchev–Trinajstić information content (AvgIpc) is 2.35. The molecule has 0 saturated carbocycles. The molecule has 0 fully saturated rings. The Morgan fingerprint density at radius 3 is 2.50 bits per heavy atom. The molecule has 0 bridgehead atoms. The molecule has 1 aromatic carbocycles. The number of carbonyl (C=O) groups is 1. The molecule has 0 heterocycles. The minimum atomic E-state index is -4.74. The van der Waals surface area contributed by atoms with Crippen LogP contribution < -0.4 is 0 Å². The van der Waals surface area contributed by atoms with Crippen molar-refractivity contribution in [2.45, 2.75) is 11.9 Å². The highest BCUT2D eigenvalue weighted by molar-refractivity contribution is 7.85. The van der Waals surface area contributed by atoms with Gasteiger partial charge in [-0.05, 0) is 17.7 Å². The molecule has 0 aliphatic heterocycles. The smallest absolute Gasteiger partial charge is 0.413 e. The van der Waals surface area contributed by atoms with Crippen molar-refractivity contribution in [3.8, 4) is 0 Å². The molecule has 5 nitrogen and oxygen atoms in total. The molecule has 0 aromatic heterocycles. The molecule has 0 N–H and O–H groups in total. The van der Waals surface area contributed by atoms with Gasteiger partial charge in [-0.2, -0.15) is 21.6 Å². The van der Waals surface area contributed by atoms with Crippen molar-refractivity contribution in [2.75, 3.05) is 13.7 Å². The summed E-state index contributed by atoms with van der Waals surface area (Å²) in [7, 11) is -3.24. The molecule has 1 rings (SSSR count). The molecule has 0 atom stereocenters. The van der Waals surface area contributed by atoms with Gasteiger partial charge in [0.15, 0.2) is 6.61 Å². The van der Waals surface area contributed by atoms with Crippen LogP contribution in [0.15, 0.2) is 24.3 Å². The first-order chi connectivity index (χ1) is 9.13. The highest BCUT2D eigenvalue weighted by atomic mass is 32.2. The summed E-state index contributed by atoms with van der Waals surface area (Å²) in [5.74, 6) is -1.45.